The molecule has 0 aromatic heterocycles. The monoisotopic (exact) mass is 284 g/mol. The van der Waals surface area contributed by atoms with Crippen LogP contribution >= 0.6 is 7.37 Å². The predicted octanol–water partition coefficient (Wildman–Crippen LogP) is 4.44. The van der Waals surface area contributed by atoms with Gasteiger partial charge in [0, 0.05) is 12.8 Å². The van der Waals surface area contributed by atoms with E-state index in [1.807, 2.05) is 26.0 Å². The summed E-state index contributed by atoms with van der Waals surface area (Å²) in [4.78, 5) is 0. The van der Waals surface area contributed by atoms with E-state index in [1.54, 1.807) is 6.66 Å². The van der Waals surface area contributed by atoms with Gasteiger partial charge in [0.15, 0.2) is 0 Å². The molecular weight excluding hydrogens is 259 g/mol. The van der Waals surface area contributed by atoms with Gasteiger partial charge in [-0.25, -0.2) is 0 Å². The first-order chi connectivity index (χ1) is 8.57. The maximum Gasteiger partial charge on any atom is 0.204 e. The van der Waals surface area contributed by atoms with Gasteiger partial charge in [-0.3, -0.25) is 4.57 Å². The average Bonchev–Trinajstić information content (AvgIpc) is 2.20. The van der Waals surface area contributed by atoms with Crippen LogP contribution in [-0.4, -0.2) is 18.4 Å². The second-order valence-corrected chi connectivity index (χ2v) is 8.75. The van der Waals surface area contributed by atoms with E-state index < -0.39 is 7.37 Å². The van der Waals surface area contributed by atoms with E-state index in [0.29, 0.717) is 18.5 Å². The van der Waals surface area contributed by atoms with Crippen molar-refractivity contribution in [2.75, 3.05) is 13.3 Å². The standard InChI is InChI=1S/C15H25O3P/c1-7-18-19(6,17)10-12-8-11(2)14(16)13(9-12)15(3,4)5/h8-9,16H,7,10H2,1-6H3. The minimum atomic E-state index is -2.60. The third-order valence-electron chi connectivity index (χ3n) is 3.04. The molecule has 1 unspecified atom stereocenters. The highest BCUT2D eigenvalue weighted by Gasteiger charge is 2.22. The van der Waals surface area contributed by atoms with Crippen LogP contribution in [0.2, 0.25) is 0 Å². The van der Waals surface area contributed by atoms with Crippen molar-refractivity contribution in [1.29, 1.82) is 0 Å². The fourth-order valence-corrected chi connectivity index (χ4v) is 3.65. The van der Waals surface area contributed by atoms with Crippen LogP contribution in [0.15, 0.2) is 12.1 Å². The van der Waals surface area contributed by atoms with Gasteiger partial charge in [-0.1, -0.05) is 32.9 Å². The summed E-state index contributed by atoms with van der Waals surface area (Å²) in [6, 6.07) is 3.83. The number of rotatable bonds is 4. The Bertz CT molecular complexity index is 501. The number of hydrogen-bond acceptors (Lipinski definition) is 3. The summed E-state index contributed by atoms with van der Waals surface area (Å²) in [6.07, 6.45) is 0.408. The number of aromatic hydroxyl groups is 1. The van der Waals surface area contributed by atoms with Gasteiger partial charge < -0.3 is 9.63 Å². The van der Waals surface area contributed by atoms with Crippen LogP contribution in [-0.2, 0) is 20.7 Å². The SMILES string of the molecule is CCOP(C)(=O)Cc1cc(C)c(O)c(C(C)(C)C)c1. The molecule has 0 amide bonds. The summed E-state index contributed by atoms with van der Waals surface area (Å²) >= 11 is 0. The molecule has 0 bridgehead atoms. The summed E-state index contributed by atoms with van der Waals surface area (Å²) in [6.45, 7) is 12.0. The largest absolute Gasteiger partial charge is 0.507 e. The van der Waals surface area contributed by atoms with Gasteiger partial charge >= 0.3 is 0 Å². The third kappa shape index (κ3) is 4.36. The molecule has 0 aliphatic carbocycles. The van der Waals surface area contributed by atoms with Crippen LogP contribution in [0.3, 0.4) is 0 Å². The Morgan fingerprint density at radius 3 is 2.37 bits per heavy atom. The molecule has 3 nitrogen and oxygen atoms in total. The molecule has 1 N–H and O–H groups in total. The van der Waals surface area contributed by atoms with E-state index in [2.05, 4.69) is 20.8 Å². The number of phenols is 1. The van der Waals surface area contributed by atoms with Crippen molar-refractivity contribution in [3.05, 3.63) is 28.8 Å². The fourth-order valence-electron chi connectivity index (χ4n) is 2.17. The molecule has 19 heavy (non-hydrogen) atoms. The molecular formula is C15H25O3P. The molecule has 0 aliphatic rings. The van der Waals surface area contributed by atoms with Gasteiger partial charge in [-0.05, 0) is 36.0 Å². The first-order valence-corrected chi connectivity index (χ1v) is 8.86. The van der Waals surface area contributed by atoms with Crippen LogP contribution < -0.4 is 0 Å². The first kappa shape index (κ1) is 16.3. The Morgan fingerprint density at radius 2 is 1.89 bits per heavy atom. The van der Waals surface area contributed by atoms with Gasteiger partial charge in [-0.15, -0.1) is 0 Å². The molecule has 0 spiro atoms. The molecule has 0 heterocycles. The molecule has 0 aliphatic heterocycles. The van der Waals surface area contributed by atoms with E-state index in [4.69, 9.17) is 4.52 Å². The van der Waals surface area contributed by atoms with Gasteiger partial charge in [0.05, 0.1) is 6.61 Å². The maximum atomic E-state index is 12.3. The first-order valence-electron chi connectivity index (χ1n) is 6.61. The van der Waals surface area contributed by atoms with Gasteiger partial charge in [-0.2, -0.15) is 0 Å². The Labute approximate surface area is 116 Å². The topological polar surface area (TPSA) is 46.5 Å². The van der Waals surface area contributed by atoms with Crippen LogP contribution in [0.25, 0.3) is 0 Å². The van der Waals surface area contributed by atoms with Crippen LogP contribution in [0.1, 0.15) is 44.4 Å². The van der Waals surface area contributed by atoms with Gasteiger partial charge in [0.25, 0.3) is 0 Å². The maximum absolute atomic E-state index is 12.3. The lowest BCUT2D eigenvalue weighted by Crippen LogP contribution is -2.12. The molecule has 0 fully saturated rings. The van der Waals surface area contributed by atoms with Gasteiger partial charge in [0.2, 0.25) is 7.37 Å². The van der Waals surface area contributed by atoms with Gasteiger partial charge in [0.1, 0.15) is 5.75 Å². The lowest BCUT2D eigenvalue weighted by Gasteiger charge is -2.23. The highest BCUT2D eigenvalue weighted by Crippen LogP contribution is 2.47. The van der Waals surface area contributed by atoms with Crippen molar-refractivity contribution >= 4 is 7.37 Å². The quantitative estimate of drug-likeness (QED) is 0.831. The van der Waals surface area contributed by atoms with E-state index in [-0.39, 0.29) is 5.41 Å². The number of hydrogen-bond donors (Lipinski definition) is 1. The summed E-state index contributed by atoms with van der Waals surface area (Å²) < 4.78 is 17.6. The van der Waals surface area contributed by atoms with Crippen molar-refractivity contribution in [2.24, 2.45) is 0 Å². The zero-order valence-corrected chi connectivity index (χ0v) is 13.7. The van der Waals surface area contributed by atoms with E-state index >= 15 is 0 Å². The van der Waals surface area contributed by atoms with Crippen molar-refractivity contribution in [2.45, 2.75) is 46.2 Å². The molecule has 0 saturated heterocycles. The minimum Gasteiger partial charge on any atom is -0.507 e. The lowest BCUT2D eigenvalue weighted by atomic mass is 9.84. The lowest BCUT2D eigenvalue weighted by molar-refractivity contribution is 0.336. The molecule has 1 aromatic rings. The molecule has 108 valence electrons. The van der Waals surface area contributed by atoms with Crippen LogP contribution in [0.5, 0.6) is 5.75 Å². The third-order valence-corrected chi connectivity index (χ3v) is 4.78. The van der Waals surface area contributed by atoms with Crippen molar-refractivity contribution < 1.29 is 14.2 Å². The summed E-state index contributed by atoms with van der Waals surface area (Å²) in [5.74, 6) is 0.332. The van der Waals surface area contributed by atoms with Crippen molar-refractivity contribution in [1.82, 2.24) is 0 Å². The molecule has 4 heteroatoms. The van der Waals surface area contributed by atoms with Crippen molar-refractivity contribution in [3.8, 4) is 5.75 Å². The second-order valence-electron chi connectivity index (χ2n) is 6.15. The second kappa shape index (κ2) is 5.68. The predicted molar refractivity (Wildman–Crippen MR) is 80.4 cm³/mol. The zero-order valence-electron chi connectivity index (χ0n) is 12.8. The molecule has 0 saturated carbocycles. The fraction of sp³-hybridized carbons (Fsp3) is 0.600. The normalized spacial score (nSPS) is 15.3. The molecule has 1 atom stereocenters. The number of benzene rings is 1. The highest BCUT2D eigenvalue weighted by atomic mass is 31.2. The zero-order chi connectivity index (χ0) is 14.8. The smallest absolute Gasteiger partial charge is 0.204 e. The Kier molecular flexibility index (Phi) is 4.86. The van der Waals surface area contributed by atoms with Crippen LogP contribution in [0, 0.1) is 6.92 Å². The molecule has 1 rings (SSSR count). The Balaban J connectivity index is 3.18. The van der Waals surface area contributed by atoms with E-state index in [0.717, 1.165) is 16.7 Å². The Morgan fingerprint density at radius 1 is 1.32 bits per heavy atom. The van der Waals surface area contributed by atoms with E-state index in [1.165, 1.54) is 0 Å². The average molecular weight is 284 g/mol. The van der Waals surface area contributed by atoms with E-state index in [9.17, 15) is 9.67 Å². The molecule has 1 aromatic carbocycles. The molecule has 0 radical (unpaired) electrons. The summed E-state index contributed by atoms with van der Waals surface area (Å²) in [5, 5.41) is 10.2. The van der Waals surface area contributed by atoms with Crippen LogP contribution in [0.4, 0.5) is 0 Å². The minimum absolute atomic E-state index is 0.145. The summed E-state index contributed by atoms with van der Waals surface area (Å²) in [5.41, 5.74) is 2.52. The number of aryl methyl sites for hydroxylation is 1. The van der Waals surface area contributed by atoms with Crippen molar-refractivity contribution in [3.63, 3.8) is 0 Å². The number of phenolic OH excluding ortho intramolecular Hbond substituents is 1. The summed E-state index contributed by atoms with van der Waals surface area (Å²) in [7, 11) is -2.60. The Hall–Kier alpha value is -0.790. The highest BCUT2D eigenvalue weighted by molar-refractivity contribution is 7.57.